The lowest BCUT2D eigenvalue weighted by molar-refractivity contribution is -0.384. The quantitative estimate of drug-likeness (QED) is 0.672. The van der Waals surface area contributed by atoms with Gasteiger partial charge in [0.1, 0.15) is 5.75 Å². The van der Waals surface area contributed by atoms with Crippen molar-refractivity contribution in [3.63, 3.8) is 0 Å². The molecule has 19 heavy (non-hydrogen) atoms. The Morgan fingerprint density at radius 1 is 1.42 bits per heavy atom. The first-order valence-electron chi connectivity index (χ1n) is 5.54. The summed E-state index contributed by atoms with van der Waals surface area (Å²) in [6.45, 7) is 5.08. The van der Waals surface area contributed by atoms with Crippen molar-refractivity contribution in [1.29, 1.82) is 0 Å². The maximum absolute atomic E-state index is 11.4. The predicted molar refractivity (Wildman–Crippen MR) is 69.9 cm³/mol. The third-order valence-corrected chi connectivity index (χ3v) is 2.48. The van der Waals surface area contributed by atoms with E-state index in [4.69, 9.17) is 4.74 Å². The van der Waals surface area contributed by atoms with Crippen molar-refractivity contribution in [2.45, 2.75) is 26.3 Å². The molecule has 0 aliphatic heterocycles. The Morgan fingerprint density at radius 3 is 2.37 bits per heavy atom. The highest BCUT2D eigenvalue weighted by molar-refractivity contribution is 5.90. The Labute approximate surface area is 110 Å². The average Bonchev–Trinajstić information content (AvgIpc) is 2.26. The molecule has 0 spiro atoms. The van der Waals surface area contributed by atoms with Crippen molar-refractivity contribution in [3.05, 3.63) is 28.3 Å². The number of hydrogen-bond acceptors (Lipinski definition) is 4. The standard InChI is InChI=1S/C12H16N2O5/c1-12(2,3)13(11(15)16)9-7-8(14(17)18)5-6-10(9)19-4/h5-7H,1-4H3,(H,15,16). The fourth-order valence-electron chi connectivity index (χ4n) is 1.72. The van der Waals surface area contributed by atoms with Gasteiger partial charge in [0.25, 0.3) is 5.69 Å². The monoisotopic (exact) mass is 268 g/mol. The molecule has 0 unspecified atom stereocenters. The van der Waals surface area contributed by atoms with E-state index in [0.717, 1.165) is 4.90 Å². The molecule has 0 aliphatic carbocycles. The fourth-order valence-corrected chi connectivity index (χ4v) is 1.72. The zero-order valence-electron chi connectivity index (χ0n) is 11.2. The number of nitro benzene ring substituents is 1. The van der Waals surface area contributed by atoms with Gasteiger partial charge in [-0.15, -0.1) is 0 Å². The summed E-state index contributed by atoms with van der Waals surface area (Å²) in [5.74, 6) is 0.267. The zero-order chi connectivity index (χ0) is 14.8. The SMILES string of the molecule is COc1ccc([N+](=O)[O-])cc1N(C(=O)O)C(C)(C)C. The summed E-state index contributed by atoms with van der Waals surface area (Å²) >= 11 is 0. The minimum atomic E-state index is -1.20. The molecule has 0 fully saturated rings. The van der Waals surface area contributed by atoms with Crippen LogP contribution < -0.4 is 9.64 Å². The molecule has 0 saturated carbocycles. The van der Waals surface area contributed by atoms with E-state index in [9.17, 15) is 20.0 Å². The van der Waals surface area contributed by atoms with Crippen LogP contribution in [0.4, 0.5) is 16.2 Å². The van der Waals surface area contributed by atoms with Crippen molar-refractivity contribution in [1.82, 2.24) is 0 Å². The summed E-state index contributed by atoms with van der Waals surface area (Å²) in [6, 6.07) is 3.85. The van der Waals surface area contributed by atoms with Gasteiger partial charge in [0.05, 0.1) is 17.7 Å². The van der Waals surface area contributed by atoms with E-state index in [1.165, 1.54) is 25.3 Å². The third kappa shape index (κ3) is 3.12. The van der Waals surface area contributed by atoms with E-state index in [1.54, 1.807) is 20.8 Å². The smallest absolute Gasteiger partial charge is 0.412 e. The minimum Gasteiger partial charge on any atom is -0.495 e. The number of non-ortho nitro benzene ring substituents is 1. The van der Waals surface area contributed by atoms with Crippen LogP contribution in [0.15, 0.2) is 18.2 Å². The van der Waals surface area contributed by atoms with E-state index < -0.39 is 16.6 Å². The number of carbonyl (C=O) groups is 1. The molecule has 0 heterocycles. The Bertz CT molecular complexity index is 507. The minimum absolute atomic E-state index is 0.150. The number of rotatable bonds is 3. The van der Waals surface area contributed by atoms with Crippen LogP contribution in [0, 0.1) is 10.1 Å². The van der Waals surface area contributed by atoms with Crippen LogP contribution in [0.3, 0.4) is 0 Å². The molecule has 1 amide bonds. The highest BCUT2D eigenvalue weighted by atomic mass is 16.6. The van der Waals surface area contributed by atoms with Gasteiger partial charge in [-0.1, -0.05) is 0 Å². The number of anilines is 1. The molecule has 0 radical (unpaired) electrons. The second kappa shape index (κ2) is 5.13. The highest BCUT2D eigenvalue weighted by Gasteiger charge is 2.31. The van der Waals surface area contributed by atoms with E-state index in [1.807, 2.05) is 0 Å². The van der Waals surface area contributed by atoms with Crippen LogP contribution in [0.2, 0.25) is 0 Å². The number of nitrogens with zero attached hydrogens (tertiary/aromatic N) is 2. The van der Waals surface area contributed by atoms with Crippen molar-refractivity contribution >= 4 is 17.5 Å². The maximum Gasteiger partial charge on any atom is 0.412 e. The van der Waals surface area contributed by atoms with Gasteiger partial charge in [-0.2, -0.15) is 0 Å². The van der Waals surface area contributed by atoms with Crippen LogP contribution in [0.5, 0.6) is 5.75 Å². The average molecular weight is 268 g/mol. The molecule has 0 bridgehead atoms. The first-order valence-corrected chi connectivity index (χ1v) is 5.54. The summed E-state index contributed by atoms with van der Waals surface area (Å²) in [5, 5.41) is 20.1. The molecular weight excluding hydrogens is 252 g/mol. The maximum atomic E-state index is 11.4. The first kappa shape index (κ1) is 14.7. The van der Waals surface area contributed by atoms with E-state index in [-0.39, 0.29) is 17.1 Å². The number of ether oxygens (including phenoxy) is 1. The van der Waals surface area contributed by atoms with Gasteiger partial charge in [0.15, 0.2) is 0 Å². The highest BCUT2D eigenvalue weighted by Crippen LogP contribution is 2.36. The largest absolute Gasteiger partial charge is 0.495 e. The van der Waals surface area contributed by atoms with E-state index in [2.05, 4.69) is 0 Å². The molecule has 0 atom stereocenters. The number of nitro groups is 1. The number of methoxy groups -OCH3 is 1. The summed E-state index contributed by atoms with van der Waals surface area (Å²) in [4.78, 5) is 22.7. The molecule has 0 saturated heterocycles. The topological polar surface area (TPSA) is 92.9 Å². The molecule has 7 heteroatoms. The molecule has 7 nitrogen and oxygen atoms in total. The lowest BCUT2D eigenvalue weighted by atomic mass is 10.0. The van der Waals surface area contributed by atoms with Crippen LogP contribution in [-0.4, -0.2) is 28.8 Å². The first-order chi connectivity index (χ1) is 8.68. The Morgan fingerprint density at radius 2 is 2.00 bits per heavy atom. The third-order valence-electron chi connectivity index (χ3n) is 2.48. The molecule has 1 N–H and O–H groups in total. The van der Waals surface area contributed by atoms with Crippen molar-refractivity contribution in [3.8, 4) is 5.75 Å². The van der Waals surface area contributed by atoms with Gasteiger partial charge in [0.2, 0.25) is 0 Å². The van der Waals surface area contributed by atoms with Crippen molar-refractivity contribution < 1.29 is 19.6 Å². The van der Waals surface area contributed by atoms with Crippen LogP contribution in [-0.2, 0) is 0 Å². The molecule has 1 aromatic carbocycles. The predicted octanol–water partition coefficient (Wildman–Crippen LogP) is 2.89. The van der Waals surface area contributed by atoms with Gasteiger partial charge in [-0.3, -0.25) is 15.0 Å². The van der Waals surface area contributed by atoms with Gasteiger partial charge < -0.3 is 9.84 Å². The van der Waals surface area contributed by atoms with Crippen molar-refractivity contribution in [2.24, 2.45) is 0 Å². The van der Waals surface area contributed by atoms with Crippen molar-refractivity contribution in [2.75, 3.05) is 12.0 Å². The second-order valence-electron chi connectivity index (χ2n) is 4.90. The van der Waals surface area contributed by atoms with Gasteiger partial charge in [-0.05, 0) is 26.8 Å². The lowest BCUT2D eigenvalue weighted by Gasteiger charge is -2.33. The number of hydrogen-bond donors (Lipinski definition) is 1. The van der Waals surface area contributed by atoms with Gasteiger partial charge in [0, 0.05) is 17.7 Å². The molecule has 1 aromatic rings. The summed E-state index contributed by atoms with van der Waals surface area (Å²) in [6.07, 6.45) is -1.20. The van der Waals surface area contributed by atoms with E-state index in [0.29, 0.717) is 0 Å². The van der Waals surface area contributed by atoms with Crippen LogP contribution in [0.25, 0.3) is 0 Å². The van der Waals surface area contributed by atoms with Crippen LogP contribution >= 0.6 is 0 Å². The number of benzene rings is 1. The normalized spacial score (nSPS) is 10.9. The number of amides is 1. The molecular formula is C12H16N2O5. The van der Waals surface area contributed by atoms with Gasteiger partial charge >= 0.3 is 6.09 Å². The molecule has 1 rings (SSSR count). The number of carboxylic acid groups (broad SMARTS) is 1. The van der Waals surface area contributed by atoms with Crippen LogP contribution in [0.1, 0.15) is 20.8 Å². The Kier molecular flexibility index (Phi) is 3.98. The summed E-state index contributed by atoms with van der Waals surface area (Å²) in [7, 11) is 1.38. The van der Waals surface area contributed by atoms with Gasteiger partial charge in [-0.25, -0.2) is 4.79 Å². The molecule has 104 valence electrons. The Hall–Kier alpha value is -2.31. The second-order valence-corrected chi connectivity index (χ2v) is 4.90. The Balaban J connectivity index is 3.47. The fraction of sp³-hybridized carbons (Fsp3) is 0.417. The molecule has 0 aromatic heterocycles. The molecule has 0 aliphatic rings. The zero-order valence-corrected chi connectivity index (χ0v) is 11.2. The summed E-state index contributed by atoms with van der Waals surface area (Å²) in [5.41, 5.74) is -0.795. The lowest BCUT2D eigenvalue weighted by Crippen LogP contribution is -2.45. The summed E-state index contributed by atoms with van der Waals surface area (Å²) < 4.78 is 5.08. The van der Waals surface area contributed by atoms with E-state index >= 15 is 0 Å².